The molecule has 0 amide bonds. The van der Waals surface area contributed by atoms with Crippen molar-refractivity contribution in [3.63, 3.8) is 0 Å². The number of hydrogen-bond acceptors (Lipinski definition) is 3. The van der Waals surface area contributed by atoms with E-state index < -0.39 is 0 Å². The van der Waals surface area contributed by atoms with Gasteiger partial charge in [0.1, 0.15) is 0 Å². The highest BCUT2D eigenvalue weighted by Crippen LogP contribution is 2.25. The number of hydrogen-bond donors (Lipinski definition) is 2. The number of thiophene rings is 1. The van der Waals surface area contributed by atoms with E-state index in [2.05, 4.69) is 38.9 Å². The van der Waals surface area contributed by atoms with Crippen LogP contribution in [-0.2, 0) is 13.0 Å². The van der Waals surface area contributed by atoms with E-state index in [1.807, 2.05) is 18.4 Å². The summed E-state index contributed by atoms with van der Waals surface area (Å²) in [5, 5.41) is 9.30. The quantitative estimate of drug-likeness (QED) is 0.422. The molecule has 0 radical (unpaired) electrons. The molecular weight excluding hydrogens is 419 g/mol. The SMILES string of the molecule is CN=C(NCC(C)N1CCc2sccc2C1)NC1CCCC1.I. The van der Waals surface area contributed by atoms with E-state index in [-0.39, 0.29) is 24.0 Å². The summed E-state index contributed by atoms with van der Waals surface area (Å²) in [7, 11) is 1.87. The molecule has 6 heteroatoms. The molecule has 1 aromatic rings. The third-order valence-corrected chi connectivity index (χ3v) is 5.97. The molecule has 1 atom stereocenters. The number of aliphatic imine (C=N–C) groups is 1. The number of fused-ring (bicyclic) bond motifs is 1. The molecule has 2 aliphatic rings. The van der Waals surface area contributed by atoms with Gasteiger partial charge in [0.05, 0.1) is 0 Å². The van der Waals surface area contributed by atoms with Crippen molar-refractivity contribution >= 4 is 41.3 Å². The second-order valence-corrected chi connectivity index (χ2v) is 7.52. The number of nitrogens with one attached hydrogen (secondary N) is 2. The number of rotatable bonds is 4. The van der Waals surface area contributed by atoms with Crippen LogP contribution in [0.1, 0.15) is 43.0 Å². The first kappa shape index (κ1) is 19.0. The van der Waals surface area contributed by atoms with Crippen molar-refractivity contribution in [2.24, 2.45) is 4.99 Å². The average Bonchev–Trinajstić information content (AvgIpc) is 3.21. The van der Waals surface area contributed by atoms with Gasteiger partial charge in [-0.15, -0.1) is 35.3 Å². The minimum atomic E-state index is 0. The lowest BCUT2D eigenvalue weighted by atomic mass is 10.1. The molecule has 0 aromatic carbocycles. The fourth-order valence-corrected chi connectivity index (χ4v) is 4.37. The number of halogens is 1. The Morgan fingerprint density at radius 2 is 2.22 bits per heavy atom. The molecule has 0 bridgehead atoms. The predicted octanol–water partition coefficient (Wildman–Crippen LogP) is 3.22. The zero-order valence-corrected chi connectivity index (χ0v) is 17.3. The molecule has 2 heterocycles. The van der Waals surface area contributed by atoms with Gasteiger partial charge in [-0.1, -0.05) is 12.8 Å². The molecule has 4 nitrogen and oxygen atoms in total. The van der Waals surface area contributed by atoms with Crippen molar-refractivity contribution in [1.82, 2.24) is 15.5 Å². The molecule has 1 aliphatic carbocycles. The summed E-state index contributed by atoms with van der Waals surface area (Å²) in [4.78, 5) is 8.53. The molecule has 1 saturated carbocycles. The van der Waals surface area contributed by atoms with Gasteiger partial charge in [-0.25, -0.2) is 0 Å². The highest BCUT2D eigenvalue weighted by Gasteiger charge is 2.22. The Balaban J connectivity index is 0.00000192. The second kappa shape index (κ2) is 9.22. The van der Waals surface area contributed by atoms with Crippen molar-refractivity contribution in [2.75, 3.05) is 20.1 Å². The second-order valence-electron chi connectivity index (χ2n) is 6.52. The minimum absolute atomic E-state index is 0. The normalized spacial score (nSPS) is 20.7. The van der Waals surface area contributed by atoms with Crippen molar-refractivity contribution in [3.05, 3.63) is 21.9 Å². The van der Waals surface area contributed by atoms with Crippen LogP contribution in [0, 0.1) is 0 Å². The summed E-state index contributed by atoms with van der Waals surface area (Å²) in [5.74, 6) is 0.965. The minimum Gasteiger partial charge on any atom is -0.355 e. The lowest BCUT2D eigenvalue weighted by Crippen LogP contribution is -2.48. The standard InChI is InChI=1S/C17H28N4S.HI/c1-13(21-9-7-16-14(12-21)8-10-22-16)11-19-17(18-2)20-15-5-3-4-6-15;/h8,10,13,15H,3-7,9,11-12H2,1-2H3,(H2,18,19,20);1H. The molecule has 1 fully saturated rings. The maximum atomic E-state index is 4.37. The lowest BCUT2D eigenvalue weighted by molar-refractivity contribution is 0.192. The van der Waals surface area contributed by atoms with E-state index in [1.54, 1.807) is 4.88 Å². The van der Waals surface area contributed by atoms with Gasteiger partial charge in [0.25, 0.3) is 0 Å². The summed E-state index contributed by atoms with van der Waals surface area (Å²) in [6.45, 7) is 5.53. The first-order valence-corrected chi connectivity index (χ1v) is 9.40. The average molecular weight is 448 g/mol. The smallest absolute Gasteiger partial charge is 0.191 e. The van der Waals surface area contributed by atoms with Crippen molar-refractivity contribution in [2.45, 2.75) is 57.7 Å². The topological polar surface area (TPSA) is 39.7 Å². The van der Waals surface area contributed by atoms with Crippen LogP contribution >= 0.6 is 35.3 Å². The van der Waals surface area contributed by atoms with E-state index in [4.69, 9.17) is 0 Å². The highest BCUT2D eigenvalue weighted by molar-refractivity contribution is 14.0. The Labute approximate surface area is 161 Å². The van der Waals surface area contributed by atoms with Gasteiger partial charge in [0.2, 0.25) is 0 Å². The van der Waals surface area contributed by atoms with Gasteiger partial charge in [0, 0.05) is 43.6 Å². The van der Waals surface area contributed by atoms with Crippen LogP contribution in [0.5, 0.6) is 0 Å². The van der Waals surface area contributed by atoms with E-state index in [9.17, 15) is 0 Å². The lowest BCUT2D eigenvalue weighted by Gasteiger charge is -2.33. The van der Waals surface area contributed by atoms with Crippen molar-refractivity contribution in [1.29, 1.82) is 0 Å². The molecule has 2 N–H and O–H groups in total. The van der Waals surface area contributed by atoms with Crippen LogP contribution < -0.4 is 10.6 Å². The summed E-state index contributed by atoms with van der Waals surface area (Å²) in [6, 6.07) is 3.42. The summed E-state index contributed by atoms with van der Waals surface area (Å²) in [5.41, 5.74) is 1.52. The van der Waals surface area contributed by atoms with Gasteiger partial charge in [-0.3, -0.25) is 9.89 Å². The summed E-state index contributed by atoms with van der Waals surface area (Å²) >= 11 is 1.91. The van der Waals surface area contributed by atoms with Crippen LogP contribution in [0.25, 0.3) is 0 Å². The van der Waals surface area contributed by atoms with Gasteiger partial charge in [0.15, 0.2) is 5.96 Å². The van der Waals surface area contributed by atoms with Crippen LogP contribution in [0.2, 0.25) is 0 Å². The van der Waals surface area contributed by atoms with Crippen LogP contribution in [0.15, 0.2) is 16.4 Å². The fourth-order valence-electron chi connectivity index (χ4n) is 3.48. The number of nitrogens with zero attached hydrogens (tertiary/aromatic N) is 2. The van der Waals surface area contributed by atoms with Gasteiger partial charge >= 0.3 is 0 Å². The predicted molar refractivity (Wildman–Crippen MR) is 110 cm³/mol. The Morgan fingerprint density at radius 1 is 1.43 bits per heavy atom. The van der Waals surface area contributed by atoms with Crippen LogP contribution in [0.3, 0.4) is 0 Å². The van der Waals surface area contributed by atoms with Crippen LogP contribution in [0.4, 0.5) is 0 Å². The maximum absolute atomic E-state index is 4.37. The molecule has 3 rings (SSSR count). The molecule has 23 heavy (non-hydrogen) atoms. The van der Waals surface area contributed by atoms with E-state index in [1.165, 1.54) is 44.2 Å². The Kier molecular flexibility index (Phi) is 7.62. The molecular formula is C17H29IN4S. The van der Waals surface area contributed by atoms with E-state index in [0.29, 0.717) is 12.1 Å². The number of guanidine groups is 1. The van der Waals surface area contributed by atoms with Gasteiger partial charge in [-0.2, -0.15) is 0 Å². The highest BCUT2D eigenvalue weighted by atomic mass is 127. The molecule has 130 valence electrons. The first-order valence-electron chi connectivity index (χ1n) is 8.52. The summed E-state index contributed by atoms with van der Waals surface area (Å²) < 4.78 is 0. The monoisotopic (exact) mass is 448 g/mol. The maximum Gasteiger partial charge on any atom is 0.191 e. The first-order chi connectivity index (χ1) is 10.8. The third-order valence-electron chi connectivity index (χ3n) is 4.95. The molecule has 1 unspecified atom stereocenters. The Bertz CT molecular complexity index is 510. The summed E-state index contributed by atoms with van der Waals surface area (Å²) in [6.07, 6.45) is 6.46. The largest absolute Gasteiger partial charge is 0.355 e. The Morgan fingerprint density at radius 3 is 2.96 bits per heavy atom. The van der Waals surface area contributed by atoms with Gasteiger partial charge < -0.3 is 10.6 Å². The Hall–Kier alpha value is -0.340. The zero-order valence-electron chi connectivity index (χ0n) is 14.2. The molecule has 0 spiro atoms. The molecule has 0 saturated heterocycles. The molecule has 1 aromatic heterocycles. The molecule has 1 aliphatic heterocycles. The zero-order chi connectivity index (χ0) is 15.4. The van der Waals surface area contributed by atoms with Gasteiger partial charge in [-0.05, 0) is 43.2 Å². The van der Waals surface area contributed by atoms with Crippen LogP contribution in [-0.4, -0.2) is 43.1 Å². The van der Waals surface area contributed by atoms with E-state index in [0.717, 1.165) is 19.0 Å². The fraction of sp³-hybridized carbons (Fsp3) is 0.706. The van der Waals surface area contributed by atoms with Crippen molar-refractivity contribution < 1.29 is 0 Å². The van der Waals surface area contributed by atoms with E-state index >= 15 is 0 Å². The third kappa shape index (κ3) is 5.06. The van der Waals surface area contributed by atoms with Crippen molar-refractivity contribution in [3.8, 4) is 0 Å².